The van der Waals surface area contributed by atoms with Gasteiger partial charge in [0.25, 0.3) is 0 Å². The molecule has 2 N–H and O–H groups in total. The summed E-state index contributed by atoms with van der Waals surface area (Å²) >= 11 is 12.1. The summed E-state index contributed by atoms with van der Waals surface area (Å²) < 4.78 is 5.21. The second-order valence-electron chi connectivity index (χ2n) is 9.54. The Morgan fingerprint density at radius 1 is 0.853 bits per heavy atom. The summed E-state index contributed by atoms with van der Waals surface area (Å²) in [6.45, 7) is 8.72. The molecular formula is C27H36Cl2N2O3. The molecule has 0 heterocycles. The number of amides is 2. The minimum Gasteiger partial charge on any atom is -0.444 e. The van der Waals surface area contributed by atoms with Gasteiger partial charge >= 0.3 is 6.09 Å². The van der Waals surface area contributed by atoms with E-state index in [0.29, 0.717) is 29.6 Å². The maximum absolute atomic E-state index is 12.5. The van der Waals surface area contributed by atoms with Crippen LogP contribution in [0.5, 0.6) is 0 Å². The molecule has 0 saturated heterocycles. The third-order valence-corrected chi connectivity index (χ3v) is 6.07. The Morgan fingerprint density at radius 3 is 1.97 bits per heavy atom. The van der Waals surface area contributed by atoms with Crippen LogP contribution >= 0.6 is 23.2 Å². The summed E-state index contributed by atoms with van der Waals surface area (Å²) in [6, 6.07) is 15.6. The normalized spacial score (nSPS) is 13.1. The van der Waals surface area contributed by atoms with Crippen LogP contribution in [0.1, 0.15) is 76.3 Å². The van der Waals surface area contributed by atoms with E-state index in [1.807, 2.05) is 69.3 Å². The first-order valence-corrected chi connectivity index (χ1v) is 12.6. The molecule has 2 aromatic carbocycles. The van der Waals surface area contributed by atoms with Gasteiger partial charge < -0.3 is 15.4 Å². The topological polar surface area (TPSA) is 67.4 Å². The fourth-order valence-corrected chi connectivity index (χ4v) is 3.95. The van der Waals surface area contributed by atoms with Gasteiger partial charge in [0.15, 0.2) is 0 Å². The maximum atomic E-state index is 12.5. The average molecular weight is 508 g/mol. The zero-order valence-corrected chi connectivity index (χ0v) is 22.0. The molecular weight excluding hydrogens is 471 g/mol. The van der Waals surface area contributed by atoms with Crippen molar-refractivity contribution in [3.63, 3.8) is 0 Å². The van der Waals surface area contributed by atoms with Crippen LogP contribution in [0.2, 0.25) is 10.0 Å². The molecule has 0 aromatic heterocycles. The largest absolute Gasteiger partial charge is 0.444 e. The number of carbonyl (C=O) groups is 2. The highest BCUT2D eigenvalue weighted by Gasteiger charge is 2.22. The fraction of sp³-hybridized carbons (Fsp3) is 0.481. The number of rotatable bonds is 11. The summed E-state index contributed by atoms with van der Waals surface area (Å²) in [5, 5.41) is 7.24. The van der Waals surface area contributed by atoms with Crippen molar-refractivity contribution < 1.29 is 14.3 Å². The molecule has 0 fully saturated rings. The highest BCUT2D eigenvalue weighted by atomic mass is 35.5. The van der Waals surface area contributed by atoms with Gasteiger partial charge in [0.2, 0.25) is 5.91 Å². The van der Waals surface area contributed by atoms with Crippen molar-refractivity contribution in [2.75, 3.05) is 13.1 Å². The van der Waals surface area contributed by atoms with Crippen LogP contribution in [0, 0.1) is 0 Å². The number of benzene rings is 2. The van der Waals surface area contributed by atoms with E-state index >= 15 is 0 Å². The van der Waals surface area contributed by atoms with Gasteiger partial charge in [-0.15, -0.1) is 0 Å². The van der Waals surface area contributed by atoms with Crippen LogP contribution < -0.4 is 10.6 Å². The fourth-order valence-electron chi connectivity index (χ4n) is 3.70. The lowest BCUT2D eigenvalue weighted by Gasteiger charge is -2.25. The van der Waals surface area contributed by atoms with Gasteiger partial charge in [-0.1, -0.05) is 60.8 Å². The number of alkyl carbamates (subject to hydrolysis) is 1. The summed E-state index contributed by atoms with van der Waals surface area (Å²) in [7, 11) is 0. The average Bonchev–Trinajstić information content (AvgIpc) is 2.76. The quantitative estimate of drug-likeness (QED) is 0.319. The molecule has 0 saturated carbocycles. The first-order valence-electron chi connectivity index (χ1n) is 11.8. The van der Waals surface area contributed by atoms with Crippen molar-refractivity contribution in [1.82, 2.24) is 10.6 Å². The van der Waals surface area contributed by atoms with Crippen LogP contribution in [0.3, 0.4) is 0 Å². The van der Waals surface area contributed by atoms with Crippen molar-refractivity contribution in [3.8, 4) is 0 Å². The van der Waals surface area contributed by atoms with Crippen molar-refractivity contribution in [2.45, 2.75) is 70.8 Å². The molecule has 0 aliphatic heterocycles. The van der Waals surface area contributed by atoms with Gasteiger partial charge in [0, 0.05) is 35.5 Å². The van der Waals surface area contributed by atoms with Gasteiger partial charge in [0.1, 0.15) is 5.60 Å². The lowest BCUT2D eigenvalue weighted by Crippen LogP contribution is -2.33. The SMILES string of the molecule is CC(c1ccc(Cl)cc1)C(CNC(=O)CCCCCNC(=O)OC(C)(C)C)c1ccc(Cl)cc1. The van der Waals surface area contributed by atoms with Gasteiger partial charge in [-0.25, -0.2) is 4.79 Å². The molecule has 0 spiro atoms. The van der Waals surface area contributed by atoms with E-state index < -0.39 is 11.7 Å². The van der Waals surface area contributed by atoms with E-state index in [0.717, 1.165) is 30.4 Å². The van der Waals surface area contributed by atoms with E-state index in [1.165, 1.54) is 0 Å². The van der Waals surface area contributed by atoms with Crippen LogP contribution in [-0.4, -0.2) is 30.7 Å². The van der Waals surface area contributed by atoms with Crippen molar-refractivity contribution in [2.24, 2.45) is 0 Å². The molecule has 34 heavy (non-hydrogen) atoms. The third-order valence-electron chi connectivity index (χ3n) is 5.57. The Morgan fingerprint density at radius 2 is 1.41 bits per heavy atom. The Bertz CT molecular complexity index is 909. The monoisotopic (exact) mass is 506 g/mol. The van der Waals surface area contributed by atoms with E-state index in [4.69, 9.17) is 27.9 Å². The lowest BCUT2D eigenvalue weighted by molar-refractivity contribution is -0.121. The Kier molecular flexibility index (Phi) is 11.2. The van der Waals surface area contributed by atoms with Crippen molar-refractivity contribution in [1.29, 1.82) is 0 Å². The summed E-state index contributed by atoms with van der Waals surface area (Å²) in [5.41, 5.74) is 1.79. The molecule has 0 bridgehead atoms. The van der Waals surface area contributed by atoms with E-state index in [1.54, 1.807) is 0 Å². The maximum Gasteiger partial charge on any atom is 0.407 e. The third kappa shape index (κ3) is 10.4. The molecule has 2 aromatic rings. The summed E-state index contributed by atoms with van der Waals surface area (Å²) in [4.78, 5) is 24.1. The smallest absolute Gasteiger partial charge is 0.407 e. The van der Waals surface area contributed by atoms with Crippen molar-refractivity contribution in [3.05, 3.63) is 69.7 Å². The molecule has 2 atom stereocenters. The van der Waals surface area contributed by atoms with E-state index in [9.17, 15) is 9.59 Å². The van der Waals surface area contributed by atoms with Crippen LogP contribution in [-0.2, 0) is 9.53 Å². The van der Waals surface area contributed by atoms with Gasteiger partial charge in [-0.05, 0) is 74.9 Å². The summed E-state index contributed by atoms with van der Waals surface area (Å²) in [6.07, 6.45) is 2.46. The zero-order valence-electron chi connectivity index (χ0n) is 20.5. The Labute approximate surface area is 213 Å². The minimum atomic E-state index is -0.503. The van der Waals surface area contributed by atoms with Gasteiger partial charge in [-0.2, -0.15) is 0 Å². The molecule has 0 radical (unpaired) electrons. The number of carbonyl (C=O) groups excluding carboxylic acids is 2. The van der Waals surface area contributed by atoms with Crippen LogP contribution in [0.15, 0.2) is 48.5 Å². The summed E-state index contributed by atoms with van der Waals surface area (Å²) in [5.74, 6) is 0.306. The molecule has 186 valence electrons. The molecule has 5 nitrogen and oxygen atoms in total. The predicted molar refractivity (Wildman–Crippen MR) is 140 cm³/mol. The number of halogens is 2. The van der Waals surface area contributed by atoms with E-state index in [-0.39, 0.29) is 17.7 Å². The first-order chi connectivity index (χ1) is 16.0. The number of nitrogens with one attached hydrogen (secondary N) is 2. The zero-order chi connectivity index (χ0) is 25.1. The number of unbranched alkanes of at least 4 members (excludes halogenated alkanes) is 2. The first kappa shape index (κ1) is 28.0. The number of hydrogen-bond donors (Lipinski definition) is 2. The molecule has 2 amide bonds. The highest BCUT2D eigenvalue weighted by molar-refractivity contribution is 6.30. The van der Waals surface area contributed by atoms with Crippen LogP contribution in [0.25, 0.3) is 0 Å². The second-order valence-corrected chi connectivity index (χ2v) is 10.4. The molecule has 2 unspecified atom stereocenters. The van der Waals surface area contributed by atoms with Gasteiger partial charge in [0.05, 0.1) is 0 Å². The van der Waals surface area contributed by atoms with Gasteiger partial charge in [-0.3, -0.25) is 4.79 Å². The molecule has 0 aliphatic carbocycles. The lowest BCUT2D eigenvalue weighted by atomic mass is 9.82. The predicted octanol–water partition coefficient (Wildman–Crippen LogP) is 7.08. The Balaban J connectivity index is 1.81. The number of hydrogen-bond acceptors (Lipinski definition) is 3. The number of ether oxygens (including phenoxy) is 1. The molecule has 0 aliphatic rings. The van der Waals surface area contributed by atoms with E-state index in [2.05, 4.69) is 17.6 Å². The van der Waals surface area contributed by atoms with Crippen LogP contribution in [0.4, 0.5) is 4.79 Å². The second kappa shape index (κ2) is 13.6. The minimum absolute atomic E-state index is 0.0300. The molecule has 2 rings (SSSR count). The highest BCUT2D eigenvalue weighted by Crippen LogP contribution is 2.33. The molecule has 7 heteroatoms. The Hall–Kier alpha value is -2.24. The van der Waals surface area contributed by atoms with Crippen molar-refractivity contribution >= 4 is 35.2 Å². The standard InChI is InChI=1S/C27H36Cl2N2O3/c1-19(20-9-13-22(28)14-10-20)24(21-11-15-23(29)16-12-21)18-31-25(32)8-6-5-7-17-30-26(33)34-27(2,3)4/h9-16,19,24H,5-8,17-18H2,1-4H3,(H,30,33)(H,31,32).